The van der Waals surface area contributed by atoms with Crippen molar-refractivity contribution in [3.63, 3.8) is 0 Å². The molecule has 5 heteroatoms. The molecule has 21 heavy (non-hydrogen) atoms. The first-order valence-corrected chi connectivity index (χ1v) is 8.50. The van der Waals surface area contributed by atoms with Gasteiger partial charge in [-0.15, -0.1) is 0 Å². The van der Waals surface area contributed by atoms with Gasteiger partial charge < -0.3 is 20.4 Å². The Labute approximate surface area is 129 Å². The summed E-state index contributed by atoms with van der Waals surface area (Å²) in [6.07, 6.45) is 11.3. The van der Waals surface area contributed by atoms with Crippen LogP contribution in [0.25, 0.3) is 0 Å². The summed E-state index contributed by atoms with van der Waals surface area (Å²) in [5.41, 5.74) is 0. The molecule has 0 aromatic heterocycles. The highest BCUT2D eigenvalue weighted by Gasteiger charge is 2.10. The fraction of sp³-hybridized carbons (Fsp3) is 0.938. The first-order chi connectivity index (χ1) is 10.3. The summed E-state index contributed by atoms with van der Waals surface area (Å²) < 4.78 is 0. The van der Waals surface area contributed by atoms with E-state index in [0.717, 1.165) is 12.8 Å². The standard InChI is InChI=1S/C16H34N2O3/c1-2-3-4-5-6-7-8-9-10-11-17-16(21)18(12-14-19)13-15-20/h19-20H,2-15H2,1H3,(H,17,21). The zero-order valence-corrected chi connectivity index (χ0v) is 13.6. The zero-order chi connectivity index (χ0) is 15.8. The van der Waals surface area contributed by atoms with E-state index < -0.39 is 0 Å². The number of nitrogens with one attached hydrogen (secondary N) is 1. The minimum absolute atomic E-state index is 0.0779. The molecule has 0 aliphatic carbocycles. The Kier molecular flexibility index (Phi) is 15.0. The van der Waals surface area contributed by atoms with E-state index in [-0.39, 0.29) is 32.3 Å². The third-order valence-corrected chi connectivity index (χ3v) is 3.58. The monoisotopic (exact) mass is 302 g/mol. The summed E-state index contributed by atoms with van der Waals surface area (Å²) in [4.78, 5) is 13.2. The van der Waals surface area contributed by atoms with Gasteiger partial charge in [-0.1, -0.05) is 58.3 Å². The molecule has 2 amide bonds. The van der Waals surface area contributed by atoms with Crippen molar-refractivity contribution < 1.29 is 15.0 Å². The molecular weight excluding hydrogens is 268 g/mol. The molecule has 3 N–H and O–H groups in total. The fourth-order valence-electron chi connectivity index (χ4n) is 2.30. The van der Waals surface area contributed by atoms with E-state index in [9.17, 15) is 4.79 Å². The van der Waals surface area contributed by atoms with Crippen molar-refractivity contribution in [2.75, 3.05) is 32.8 Å². The summed E-state index contributed by atoms with van der Waals surface area (Å²) in [5, 5.41) is 20.5. The molecule has 0 saturated carbocycles. The van der Waals surface area contributed by atoms with Crippen LogP contribution in [-0.2, 0) is 0 Å². The third-order valence-electron chi connectivity index (χ3n) is 3.58. The van der Waals surface area contributed by atoms with Crippen molar-refractivity contribution in [3.8, 4) is 0 Å². The first kappa shape index (κ1) is 20.2. The van der Waals surface area contributed by atoms with Crippen LogP contribution in [0.2, 0.25) is 0 Å². The summed E-state index contributed by atoms with van der Waals surface area (Å²) in [5.74, 6) is 0. The van der Waals surface area contributed by atoms with Gasteiger partial charge in [-0.25, -0.2) is 4.79 Å². The molecule has 0 radical (unpaired) electrons. The number of amides is 2. The molecule has 0 atom stereocenters. The van der Waals surface area contributed by atoms with Gasteiger partial charge in [0.2, 0.25) is 0 Å². The molecule has 126 valence electrons. The molecule has 0 bridgehead atoms. The highest BCUT2D eigenvalue weighted by atomic mass is 16.3. The van der Waals surface area contributed by atoms with Gasteiger partial charge in [-0.2, -0.15) is 0 Å². The van der Waals surface area contributed by atoms with Crippen LogP contribution < -0.4 is 5.32 Å². The summed E-state index contributed by atoms with van der Waals surface area (Å²) in [6, 6.07) is -0.197. The van der Waals surface area contributed by atoms with Crippen LogP contribution in [0.5, 0.6) is 0 Å². The van der Waals surface area contributed by atoms with Crippen LogP contribution in [0, 0.1) is 0 Å². The lowest BCUT2D eigenvalue weighted by Crippen LogP contribution is -2.43. The number of hydrogen-bond acceptors (Lipinski definition) is 3. The maximum atomic E-state index is 11.8. The minimum atomic E-state index is -0.197. The van der Waals surface area contributed by atoms with Gasteiger partial charge in [0.25, 0.3) is 0 Å². The van der Waals surface area contributed by atoms with Crippen LogP contribution >= 0.6 is 0 Å². The quantitative estimate of drug-likeness (QED) is 0.432. The predicted molar refractivity (Wildman–Crippen MR) is 86.4 cm³/mol. The topological polar surface area (TPSA) is 72.8 Å². The Balaban J connectivity index is 3.42. The number of aliphatic hydroxyl groups is 2. The molecule has 0 unspecified atom stereocenters. The lowest BCUT2D eigenvalue weighted by Gasteiger charge is -2.21. The Morgan fingerprint density at radius 2 is 1.33 bits per heavy atom. The van der Waals surface area contributed by atoms with E-state index in [1.54, 1.807) is 0 Å². The second kappa shape index (κ2) is 15.6. The normalized spacial score (nSPS) is 10.6. The van der Waals surface area contributed by atoms with Crippen LogP contribution in [0.1, 0.15) is 64.7 Å². The largest absolute Gasteiger partial charge is 0.395 e. The van der Waals surface area contributed by atoms with E-state index >= 15 is 0 Å². The number of aliphatic hydroxyl groups excluding tert-OH is 2. The number of urea groups is 1. The van der Waals surface area contributed by atoms with Gasteiger partial charge in [-0.3, -0.25) is 0 Å². The molecule has 0 aliphatic heterocycles. The number of carbonyl (C=O) groups is 1. The molecule has 0 saturated heterocycles. The number of carbonyl (C=O) groups excluding carboxylic acids is 1. The van der Waals surface area contributed by atoms with Gasteiger partial charge in [0, 0.05) is 19.6 Å². The van der Waals surface area contributed by atoms with E-state index in [4.69, 9.17) is 10.2 Å². The second-order valence-electron chi connectivity index (χ2n) is 5.49. The third kappa shape index (κ3) is 12.6. The highest BCUT2D eigenvalue weighted by Crippen LogP contribution is 2.09. The number of hydrogen-bond donors (Lipinski definition) is 3. The zero-order valence-electron chi connectivity index (χ0n) is 13.6. The van der Waals surface area contributed by atoms with Crippen molar-refractivity contribution in [2.24, 2.45) is 0 Å². The molecule has 0 spiro atoms. The van der Waals surface area contributed by atoms with E-state index in [1.807, 2.05) is 0 Å². The number of unbranched alkanes of at least 4 members (excludes halogenated alkanes) is 8. The summed E-state index contributed by atoms with van der Waals surface area (Å²) >= 11 is 0. The molecule has 0 aromatic rings. The minimum Gasteiger partial charge on any atom is -0.395 e. The van der Waals surface area contributed by atoms with Gasteiger partial charge in [-0.05, 0) is 6.42 Å². The maximum Gasteiger partial charge on any atom is 0.317 e. The van der Waals surface area contributed by atoms with Gasteiger partial charge in [0.15, 0.2) is 0 Å². The van der Waals surface area contributed by atoms with Gasteiger partial charge in [0.1, 0.15) is 0 Å². The number of rotatable bonds is 14. The molecule has 0 fully saturated rings. The average molecular weight is 302 g/mol. The first-order valence-electron chi connectivity index (χ1n) is 8.50. The Morgan fingerprint density at radius 1 is 0.857 bits per heavy atom. The van der Waals surface area contributed by atoms with Crippen LogP contribution in [-0.4, -0.2) is 54.0 Å². The van der Waals surface area contributed by atoms with E-state index in [2.05, 4.69) is 12.2 Å². The van der Waals surface area contributed by atoms with E-state index in [0.29, 0.717) is 6.54 Å². The lowest BCUT2D eigenvalue weighted by molar-refractivity contribution is 0.158. The van der Waals surface area contributed by atoms with Crippen molar-refractivity contribution in [1.82, 2.24) is 10.2 Å². The second-order valence-corrected chi connectivity index (χ2v) is 5.49. The fourth-order valence-corrected chi connectivity index (χ4v) is 2.30. The Hall–Kier alpha value is -0.810. The van der Waals surface area contributed by atoms with Crippen molar-refractivity contribution in [2.45, 2.75) is 64.7 Å². The van der Waals surface area contributed by atoms with Crippen LogP contribution in [0.4, 0.5) is 4.79 Å². The van der Waals surface area contributed by atoms with Crippen LogP contribution in [0.3, 0.4) is 0 Å². The van der Waals surface area contributed by atoms with Gasteiger partial charge in [0.05, 0.1) is 13.2 Å². The molecule has 0 heterocycles. The maximum absolute atomic E-state index is 11.8. The molecule has 0 aromatic carbocycles. The Morgan fingerprint density at radius 3 is 1.81 bits per heavy atom. The average Bonchev–Trinajstić information content (AvgIpc) is 2.48. The lowest BCUT2D eigenvalue weighted by atomic mass is 10.1. The molecular formula is C16H34N2O3. The van der Waals surface area contributed by atoms with E-state index in [1.165, 1.54) is 49.8 Å². The Bertz CT molecular complexity index is 232. The smallest absolute Gasteiger partial charge is 0.317 e. The SMILES string of the molecule is CCCCCCCCCCCNC(=O)N(CCO)CCO. The van der Waals surface area contributed by atoms with Crippen molar-refractivity contribution in [3.05, 3.63) is 0 Å². The summed E-state index contributed by atoms with van der Waals surface area (Å²) in [6.45, 7) is 3.28. The number of nitrogens with zero attached hydrogens (tertiary/aromatic N) is 1. The molecule has 5 nitrogen and oxygen atoms in total. The van der Waals surface area contributed by atoms with Crippen molar-refractivity contribution >= 4 is 6.03 Å². The predicted octanol–water partition coefficient (Wildman–Crippen LogP) is 2.51. The van der Waals surface area contributed by atoms with Crippen molar-refractivity contribution in [1.29, 1.82) is 0 Å². The van der Waals surface area contributed by atoms with Crippen LogP contribution in [0.15, 0.2) is 0 Å². The molecule has 0 aliphatic rings. The highest BCUT2D eigenvalue weighted by molar-refractivity contribution is 5.74. The molecule has 0 rings (SSSR count). The summed E-state index contributed by atoms with van der Waals surface area (Å²) in [7, 11) is 0. The van der Waals surface area contributed by atoms with Gasteiger partial charge >= 0.3 is 6.03 Å².